The van der Waals surface area contributed by atoms with E-state index in [2.05, 4.69) is 12.2 Å². The Labute approximate surface area is 131 Å². The summed E-state index contributed by atoms with van der Waals surface area (Å²) in [5.74, 6) is 1.03. The molecule has 1 aromatic rings. The van der Waals surface area contributed by atoms with Crippen LogP contribution in [0.15, 0.2) is 18.2 Å². The van der Waals surface area contributed by atoms with E-state index in [4.69, 9.17) is 16.3 Å². The van der Waals surface area contributed by atoms with Gasteiger partial charge >= 0.3 is 0 Å². The van der Waals surface area contributed by atoms with E-state index in [9.17, 15) is 4.79 Å². The zero-order valence-electron chi connectivity index (χ0n) is 12.7. The Kier molecular flexibility index (Phi) is 5.88. The molecule has 21 heavy (non-hydrogen) atoms. The van der Waals surface area contributed by atoms with Crippen LogP contribution >= 0.6 is 11.6 Å². The van der Waals surface area contributed by atoms with Gasteiger partial charge in [0.15, 0.2) is 0 Å². The van der Waals surface area contributed by atoms with E-state index in [1.165, 1.54) is 0 Å². The normalized spacial score (nSPS) is 18.6. The fraction of sp³-hybridized carbons (Fsp3) is 0.562. The second-order valence-corrected chi connectivity index (χ2v) is 5.97. The number of carbonyl (C=O) groups is 1. The first-order valence-corrected chi connectivity index (χ1v) is 7.84. The number of aryl methyl sites for hydroxylation is 1. The Hall–Kier alpha value is -1.26. The molecule has 0 saturated carbocycles. The van der Waals surface area contributed by atoms with Crippen molar-refractivity contribution in [1.82, 2.24) is 10.2 Å². The Morgan fingerprint density at radius 1 is 1.52 bits per heavy atom. The molecule has 1 fully saturated rings. The van der Waals surface area contributed by atoms with Crippen LogP contribution in [0.4, 0.5) is 0 Å². The maximum absolute atomic E-state index is 12.1. The summed E-state index contributed by atoms with van der Waals surface area (Å²) in [6.45, 7) is 7.09. The van der Waals surface area contributed by atoms with Crippen molar-refractivity contribution in [2.75, 3.05) is 26.2 Å². The number of carbonyl (C=O) groups excluding carboxylic acids is 1. The highest BCUT2D eigenvalue weighted by molar-refractivity contribution is 6.31. The van der Waals surface area contributed by atoms with Crippen molar-refractivity contribution in [3.8, 4) is 5.75 Å². The zero-order chi connectivity index (χ0) is 15.2. The summed E-state index contributed by atoms with van der Waals surface area (Å²) < 4.78 is 5.66. The van der Waals surface area contributed by atoms with Gasteiger partial charge in [-0.3, -0.25) is 4.79 Å². The number of nitrogens with one attached hydrogen (secondary N) is 1. The fourth-order valence-corrected chi connectivity index (χ4v) is 2.55. The first-order chi connectivity index (χ1) is 10.1. The Bertz CT molecular complexity index is 493. The zero-order valence-corrected chi connectivity index (χ0v) is 13.4. The molecule has 0 spiro atoms. The summed E-state index contributed by atoms with van der Waals surface area (Å²) in [6.07, 6.45) is 1.28. The van der Waals surface area contributed by atoms with Crippen molar-refractivity contribution in [2.24, 2.45) is 0 Å². The smallest absolute Gasteiger partial charge is 0.222 e. The van der Waals surface area contributed by atoms with E-state index in [-0.39, 0.29) is 5.91 Å². The molecule has 0 bridgehead atoms. The summed E-state index contributed by atoms with van der Waals surface area (Å²) >= 11 is 5.97. The van der Waals surface area contributed by atoms with Crippen LogP contribution in [0, 0.1) is 6.92 Å². The van der Waals surface area contributed by atoms with E-state index < -0.39 is 0 Å². The average Bonchev–Trinajstić information content (AvgIpc) is 2.47. The third-order valence-corrected chi connectivity index (χ3v) is 4.08. The lowest BCUT2D eigenvalue weighted by atomic mass is 10.2. The van der Waals surface area contributed by atoms with Gasteiger partial charge in [-0.05, 0) is 44.0 Å². The predicted molar refractivity (Wildman–Crippen MR) is 85.0 cm³/mol. The summed E-state index contributed by atoms with van der Waals surface area (Å²) in [5, 5.41) is 4.08. The Balaban J connectivity index is 1.69. The van der Waals surface area contributed by atoms with E-state index in [1.807, 2.05) is 30.0 Å². The number of amides is 1. The monoisotopic (exact) mass is 310 g/mol. The van der Waals surface area contributed by atoms with Crippen LogP contribution in [0.3, 0.4) is 0 Å². The molecule has 1 atom stereocenters. The summed E-state index contributed by atoms with van der Waals surface area (Å²) in [4.78, 5) is 14.0. The SMILES string of the molecule is Cc1cc(OCCCC(=O)N2CCNC(C)C2)ccc1Cl. The van der Waals surface area contributed by atoms with Crippen molar-refractivity contribution >= 4 is 17.5 Å². The molecule has 0 aliphatic carbocycles. The minimum absolute atomic E-state index is 0.222. The third kappa shape index (κ3) is 4.90. The largest absolute Gasteiger partial charge is 0.494 e. The van der Waals surface area contributed by atoms with E-state index in [1.54, 1.807) is 0 Å². The van der Waals surface area contributed by atoms with Crippen LogP contribution in [0.1, 0.15) is 25.3 Å². The van der Waals surface area contributed by atoms with Gasteiger partial charge in [-0.15, -0.1) is 0 Å². The molecule has 1 unspecified atom stereocenters. The van der Waals surface area contributed by atoms with Gasteiger partial charge in [0.25, 0.3) is 0 Å². The van der Waals surface area contributed by atoms with E-state index in [0.717, 1.165) is 42.4 Å². The van der Waals surface area contributed by atoms with E-state index in [0.29, 0.717) is 19.1 Å². The molecule has 1 aliphatic rings. The number of rotatable bonds is 5. The lowest BCUT2D eigenvalue weighted by Crippen LogP contribution is -2.51. The van der Waals surface area contributed by atoms with Crippen LogP contribution in [-0.2, 0) is 4.79 Å². The number of hydrogen-bond acceptors (Lipinski definition) is 3. The molecule has 1 aromatic carbocycles. The molecule has 1 heterocycles. The molecule has 2 rings (SSSR count). The number of hydrogen-bond donors (Lipinski definition) is 1. The number of benzene rings is 1. The Morgan fingerprint density at radius 2 is 2.33 bits per heavy atom. The van der Waals surface area contributed by atoms with Crippen LogP contribution in [0.2, 0.25) is 5.02 Å². The molecule has 1 saturated heterocycles. The summed E-state index contributed by atoms with van der Waals surface area (Å²) in [7, 11) is 0. The molecule has 4 nitrogen and oxygen atoms in total. The number of halogens is 1. The maximum atomic E-state index is 12.1. The first-order valence-electron chi connectivity index (χ1n) is 7.46. The highest BCUT2D eigenvalue weighted by Gasteiger charge is 2.19. The van der Waals surface area contributed by atoms with Crippen molar-refractivity contribution in [3.05, 3.63) is 28.8 Å². The quantitative estimate of drug-likeness (QED) is 0.850. The van der Waals surface area contributed by atoms with Gasteiger partial charge < -0.3 is 15.0 Å². The molecule has 1 aliphatic heterocycles. The molecule has 0 radical (unpaired) electrons. The minimum Gasteiger partial charge on any atom is -0.494 e. The lowest BCUT2D eigenvalue weighted by Gasteiger charge is -2.32. The average molecular weight is 311 g/mol. The van der Waals surface area contributed by atoms with Crippen LogP contribution < -0.4 is 10.1 Å². The van der Waals surface area contributed by atoms with Gasteiger partial charge in [0, 0.05) is 37.1 Å². The van der Waals surface area contributed by atoms with Crippen LogP contribution in [0.5, 0.6) is 5.75 Å². The standard InChI is InChI=1S/C16H23ClN2O2/c1-12-10-14(5-6-15(12)17)21-9-3-4-16(20)19-8-7-18-13(2)11-19/h5-6,10,13,18H,3-4,7-9,11H2,1-2H3. The molecule has 1 N–H and O–H groups in total. The second-order valence-electron chi connectivity index (χ2n) is 5.56. The van der Waals surface area contributed by atoms with Crippen molar-refractivity contribution < 1.29 is 9.53 Å². The predicted octanol–water partition coefficient (Wildman–Crippen LogP) is 2.63. The Morgan fingerprint density at radius 3 is 3.05 bits per heavy atom. The molecule has 1 amide bonds. The van der Waals surface area contributed by atoms with E-state index >= 15 is 0 Å². The molecule has 0 aromatic heterocycles. The summed E-state index contributed by atoms with van der Waals surface area (Å²) in [5.41, 5.74) is 1.00. The van der Waals surface area contributed by atoms with Crippen molar-refractivity contribution in [1.29, 1.82) is 0 Å². The molecule has 5 heteroatoms. The van der Waals surface area contributed by atoms with Crippen LogP contribution in [0.25, 0.3) is 0 Å². The van der Waals surface area contributed by atoms with Gasteiger partial charge in [0.1, 0.15) is 5.75 Å². The minimum atomic E-state index is 0.222. The van der Waals surface area contributed by atoms with Gasteiger partial charge in [0.2, 0.25) is 5.91 Å². The summed E-state index contributed by atoms with van der Waals surface area (Å²) in [6, 6.07) is 5.99. The van der Waals surface area contributed by atoms with Gasteiger partial charge in [-0.2, -0.15) is 0 Å². The lowest BCUT2D eigenvalue weighted by molar-refractivity contribution is -0.132. The number of ether oxygens (including phenoxy) is 1. The topological polar surface area (TPSA) is 41.6 Å². The molecular weight excluding hydrogens is 288 g/mol. The van der Waals surface area contributed by atoms with Crippen LogP contribution in [-0.4, -0.2) is 43.1 Å². The number of nitrogens with zero attached hydrogens (tertiary/aromatic N) is 1. The van der Waals surface area contributed by atoms with Gasteiger partial charge in [-0.25, -0.2) is 0 Å². The van der Waals surface area contributed by atoms with Crippen molar-refractivity contribution in [3.63, 3.8) is 0 Å². The second kappa shape index (κ2) is 7.66. The molecular formula is C16H23ClN2O2. The third-order valence-electron chi connectivity index (χ3n) is 3.65. The van der Waals surface area contributed by atoms with Gasteiger partial charge in [-0.1, -0.05) is 11.6 Å². The maximum Gasteiger partial charge on any atom is 0.222 e. The highest BCUT2D eigenvalue weighted by atomic mass is 35.5. The first kappa shape index (κ1) is 16.1. The van der Waals surface area contributed by atoms with Gasteiger partial charge in [0.05, 0.1) is 6.61 Å². The highest BCUT2D eigenvalue weighted by Crippen LogP contribution is 2.21. The number of piperazine rings is 1. The molecule has 116 valence electrons. The van der Waals surface area contributed by atoms with Crippen molar-refractivity contribution in [2.45, 2.75) is 32.7 Å². The fourth-order valence-electron chi connectivity index (χ4n) is 2.44.